The lowest BCUT2D eigenvalue weighted by atomic mass is 10.1. The van der Waals surface area contributed by atoms with E-state index >= 15 is 0 Å². The highest BCUT2D eigenvalue weighted by Gasteiger charge is 2.02. The molecule has 0 aromatic heterocycles. The zero-order valence-electron chi connectivity index (χ0n) is 12.2. The van der Waals surface area contributed by atoms with E-state index < -0.39 is 0 Å². The fraction of sp³-hybridized carbons (Fsp3) is 0.235. The fourth-order valence-electron chi connectivity index (χ4n) is 2.13. The van der Waals surface area contributed by atoms with E-state index in [1.54, 1.807) is 0 Å². The Hall–Kier alpha value is -1.81. The summed E-state index contributed by atoms with van der Waals surface area (Å²) in [5, 5.41) is 6.23. The van der Waals surface area contributed by atoms with Crippen molar-refractivity contribution in [2.45, 2.75) is 26.8 Å². The largest absolute Gasteiger partial charge is 0.381 e. The molecule has 0 unspecified atom stereocenters. The van der Waals surface area contributed by atoms with Gasteiger partial charge in [0.1, 0.15) is 0 Å². The minimum absolute atomic E-state index is 0.0525. The van der Waals surface area contributed by atoms with E-state index in [4.69, 9.17) is 0 Å². The number of nitrogens with one attached hydrogen (secondary N) is 2. The van der Waals surface area contributed by atoms with Crippen LogP contribution in [-0.4, -0.2) is 5.91 Å². The molecule has 2 rings (SSSR count). The lowest BCUT2D eigenvalue weighted by Gasteiger charge is -2.12. The van der Waals surface area contributed by atoms with Gasteiger partial charge in [-0.3, -0.25) is 4.79 Å². The molecule has 1 amide bonds. The van der Waals surface area contributed by atoms with Crippen LogP contribution in [0.4, 0.5) is 11.4 Å². The van der Waals surface area contributed by atoms with Gasteiger partial charge in [0.05, 0.1) is 0 Å². The summed E-state index contributed by atoms with van der Waals surface area (Å²) < 4.78 is 1.10. The molecule has 0 atom stereocenters. The van der Waals surface area contributed by atoms with Gasteiger partial charge in [0.15, 0.2) is 0 Å². The summed E-state index contributed by atoms with van der Waals surface area (Å²) >= 11 is 3.50. The van der Waals surface area contributed by atoms with Gasteiger partial charge in [-0.05, 0) is 47.9 Å². The van der Waals surface area contributed by atoms with Gasteiger partial charge in [0, 0.05) is 29.3 Å². The lowest BCUT2D eigenvalue weighted by molar-refractivity contribution is -0.114. The number of benzene rings is 2. The van der Waals surface area contributed by atoms with E-state index in [1.807, 2.05) is 30.3 Å². The van der Waals surface area contributed by atoms with E-state index in [9.17, 15) is 4.79 Å². The smallest absolute Gasteiger partial charge is 0.221 e. The summed E-state index contributed by atoms with van der Waals surface area (Å²) in [6.07, 6.45) is 0.989. The Bertz CT molecular complexity index is 623. The Kier molecular flexibility index (Phi) is 5.39. The second-order valence-electron chi connectivity index (χ2n) is 4.89. The third-order valence-corrected chi connectivity index (χ3v) is 3.70. The Morgan fingerprint density at radius 3 is 2.48 bits per heavy atom. The molecule has 0 saturated carbocycles. The first-order chi connectivity index (χ1) is 10.1. The molecule has 21 heavy (non-hydrogen) atoms. The van der Waals surface area contributed by atoms with Crippen molar-refractivity contribution in [2.24, 2.45) is 0 Å². The van der Waals surface area contributed by atoms with E-state index in [1.165, 1.54) is 18.1 Å². The molecule has 2 aromatic carbocycles. The highest BCUT2D eigenvalue weighted by atomic mass is 79.9. The number of anilines is 2. The molecule has 0 fully saturated rings. The Morgan fingerprint density at radius 1 is 1.14 bits per heavy atom. The molecule has 0 spiro atoms. The molecule has 0 saturated heterocycles. The number of hydrogen-bond acceptors (Lipinski definition) is 2. The van der Waals surface area contributed by atoms with Crippen molar-refractivity contribution in [2.75, 3.05) is 10.6 Å². The first-order valence-electron chi connectivity index (χ1n) is 6.97. The van der Waals surface area contributed by atoms with E-state index in [2.05, 4.69) is 45.6 Å². The number of carbonyl (C=O) groups is 1. The van der Waals surface area contributed by atoms with Crippen molar-refractivity contribution in [3.63, 3.8) is 0 Å². The third-order valence-electron chi connectivity index (χ3n) is 3.21. The molecule has 0 aliphatic rings. The second kappa shape index (κ2) is 7.27. The van der Waals surface area contributed by atoms with Crippen molar-refractivity contribution >= 4 is 33.2 Å². The molecular formula is C17H19BrN2O. The highest BCUT2D eigenvalue weighted by Crippen LogP contribution is 2.22. The van der Waals surface area contributed by atoms with Crippen LogP contribution in [0.5, 0.6) is 0 Å². The van der Waals surface area contributed by atoms with Crippen molar-refractivity contribution < 1.29 is 4.79 Å². The molecule has 110 valence electrons. The van der Waals surface area contributed by atoms with Gasteiger partial charge < -0.3 is 10.6 Å². The maximum atomic E-state index is 11.0. The molecular weight excluding hydrogens is 328 g/mol. The van der Waals surface area contributed by atoms with Crippen molar-refractivity contribution in [3.05, 3.63) is 58.1 Å². The number of rotatable bonds is 5. The van der Waals surface area contributed by atoms with Crippen LogP contribution < -0.4 is 10.6 Å². The number of halogens is 1. The molecule has 3 nitrogen and oxygen atoms in total. The minimum Gasteiger partial charge on any atom is -0.381 e. The molecule has 0 heterocycles. The maximum Gasteiger partial charge on any atom is 0.221 e. The van der Waals surface area contributed by atoms with Crippen LogP contribution in [0.15, 0.2) is 46.9 Å². The monoisotopic (exact) mass is 346 g/mol. The minimum atomic E-state index is -0.0525. The Morgan fingerprint density at radius 2 is 1.86 bits per heavy atom. The Labute approximate surface area is 133 Å². The lowest BCUT2D eigenvalue weighted by Crippen LogP contribution is -2.06. The van der Waals surface area contributed by atoms with Crippen LogP contribution in [0.2, 0.25) is 0 Å². The predicted octanol–water partition coefficient (Wildman–Crippen LogP) is 4.58. The first-order valence-corrected chi connectivity index (χ1v) is 7.76. The number of aryl methyl sites for hydroxylation is 1. The summed E-state index contributed by atoms with van der Waals surface area (Å²) in [6, 6.07) is 14.1. The van der Waals surface area contributed by atoms with Crippen LogP contribution >= 0.6 is 15.9 Å². The Balaban J connectivity index is 2.01. The summed E-state index contributed by atoms with van der Waals surface area (Å²) in [5.41, 5.74) is 4.45. The first kappa shape index (κ1) is 15.6. The van der Waals surface area contributed by atoms with Crippen LogP contribution in [0, 0.1) is 0 Å². The average molecular weight is 347 g/mol. The molecule has 2 N–H and O–H groups in total. The summed E-state index contributed by atoms with van der Waals surface area (Å²) in [7, 11) is 0. The quantitative estimate of drug-likeness (QED) is 0.831. The molecule has 0 radical (unpaired) electrons. The van der Waals surface area contributed by atoms with E-state index in [-0.39, 0.29) is 5.91 Å². The molecule has 4 heteroatoms. The summed E-state index contributed by atoms with van der Waals surface area (Å²) in [6.45, 7) is 4.42. The van der Waals surface area contributed by atoms with Crippen molar-refractivity contribution in [1.29, 1.82) is 0 Å². The molecule has 0 bridgehead atoms. The van der Waals surface area contributed by atoms with E-state index in [0.29, 0.717) is 0 Å². The topological polar surface area (TPSA) is 41.1 Å². The molecule has 0 aliphatic carbocycles. The molecule has 0 aliphatic heterocycles. The van der Waals surface area contributed by atoms with Crippen LogP contribution in [0.3, 0.4) is 0 Å². The average Bonchev–Trinajstić information content (AvgIpc) is 2.46. The van der Waals surface area contributed by atoms with Crippen LogP contribution in [0.1, 0.15) is 25.0 Å². The zero-order valence-corrected chi connectivity index (χ0v) is 13.8. The van der Waals surface area contributed by atoms with Gasteiger partial charge in [-0.25, -0.2) is 0 Å². The molecule has 2 aromatic rings. The van der Waals surface area contributed by atoms with Crippen LogP contribution in [0.25, 0.3) is 0 Å². The maximum absolute atomic E-state index is 11.0. The number of hydrogen-bond donors (Lipinski definition) is 2. The van der Waals surface area contributed by atoms with Crippen molar-refractivity contribution in [1.82, 2.24) is 0 Å². The second-order valence-corrected chi connectivity index (χ2v) is 5.80. The van der Waals surface area contributed by atoms with Gasteiger partial charge >= 0.3 is 0 Å². The van der Waals surface area contributed by atoms with E-state index in [0.717, 1.165) is 28.8 Å². The standard InChI is InChI=1S/C17H19BrN2O/c1-3-14-10-15(18)6-9-17(14)19-11-13-4-7-16(8-5-13)20-12(2)21/h4-10,19H,3,11H2,1-2H3,(H,20,21). The SMILES string of the molecule is CCc1cc(Br)ccc1NCc1ccc(NC(C)=O)cc1. The van der Waals surface area contributed by atoms with Gasteiger partial charge in [0.25, 0.3) is 0 Å². The van der Waals surface area contributed by atoms with Crippen molar-refractivity contribution in [3.8, 4) is 0 Å². The number of amides is 1. The summed E-state index contributed by atoms with van der Waals surface area (Å²) in [5.74, 6) is -0.0525. The summed E-state index contributed by atoms with van der Waals surface area (Å²) in [4.78, 5) is 11.0. The van der Waals surface area contributed by atoms with Gasteiger partial charge in [-0.1, -0.05) is 35.0 Å². The van der Waals surface area contributed by atoms with Crippen LogP contribution in [-0.2, 0) is 17.8 Å². The fourth-order valence-corrected chi connectivity index (χ4v) is 2.54. The van der Waals surface area contributed by atoms with Gasteiger partial charge in [-0.15, -0.1) is 0 Å². The highest BCUT2D eigenvalue weighted by molar-refractivity contribution is 9.10. The predicted molar refractivity (Wildman–Crippen MR) is 91.6 cm³/mol. The van der Waals surface area contributed by atoms with Gasteiger partial charge in [0.2, 0.25) is 5.91 Å². The third kappa shape index (κ3) is 4.60. The zero-order chi connectivity index (χ0) is 15.2. The normalized spacial score (nSPS) is 10.2. The number of carbonyl (C=O) groups excluding carboxylic acids is 1. The van der Waals surface area contributed by atoms with Gasteiger partial charge in [-0.2, -0.15) is 0 Å².